The van der Waals surface area contributed by atoms with Crippen molar-refractivity contribution in [1.82, 2.24) is 4.90 Å². The van der Waals surface area contributed by atoms with Crippen molar-refractivity contribution in [1.29, 1.82) is 0 Å². The highest BCUT2D eigenvalue weighted by Crippen LogP contribution is 2.32. The van der Waals surface area contributed by atoms with Crippen molar-refractivity contribution in [3.05, 3.63) is 32.9 Å². The molecule has 1 aliphatic rings. The quantitative estimate of drug-likeness (QED) is 0.682. The lowest BCUT2D eigenvalue weighted by Gasteiger charge is -2.30. The molecule has 1 aromatic rings. The first-order chi connectivity index (χ1) is 9.11. The van der Waals surface area contributed by atoms with Crippen LogP contribution in [0.2, 0.25) is 0 Å². The van der Waals surface area contributed by atoms with Gasteiger partial charge in [-0.25, -0.2) is 0 Å². The Morgan fingerprint density at radius 3 is 2.70 bits per heavy atom. The third-order valence-electron chi connectivity index (χ3n) is 3.33. The van der Waals surface area contributed by atoms with Gasteiger partial charge in [-0.3, -0.25) is 4.79 Å². The number of amides is 1. The Bertz CT molecular complexity index is 543. The lowest BCUT2D eigenvalue weighted by Crippen LogP contribution is -2.47. The van der Waals surface area contributed by atoms with Crippen LogP contribution < -0.4 is 0 Å². The Kier molecular flexibility index (Phi) is 4.03. The number of halogens is 4. The summed E-state index contributed by atoms with van der Waals surface area (Å²) in [5.74, 6) is -1.90. The summed E-state index contributed by atoms with van der Waals surface area (Å²) in [4.78, 5) is 12.0. The first-order valence-corrected chi connectivity index (χ1v) is 7.06. The number of carbonyl (C=O) groups excluding carboxylic acids is 1. The second-order valence-corrected chi connectivity index (χ2v) is 6.30. The molecule has 20 heavy (non-hydrogen) atoms. The molecule has 0 saturated heterocycles. The monoisotopic (exact) mass is 399 g/mol. The molecular formula is C13H13F3INO2. The van der Waals surface area contributed by atoms with Gasteiger partial charge in [0.05, 0.1) is 6.54 Å². The summed E-state index contributed by atoms with van der Waals surface area (Å²) in [6.45, 7) is 1.02. The molecule has 1 amide bonds. The predicted molar refractivity (Wildman–Crippen MR) is 75.1 cm³/mol. The van der Waals surface area contributed by atoms with Gasteiger partial charge in [0.15, 0.2) is 0 Å². The van der Waals surface area contributed by atoms with E-state index in [0.717, 1.165) is 9.13 Å². The zero-order valence-corrected chi connectivity index (χ0v) is 12.8. The number of rotatable bonds is 0. The molecule has 3 nitrogen and oxygen atoms in total. The third kappa shape index (κ3) is 3.08. The van der Waals surface area contributed by atoms with E-state index in [-0.39, 0.29) is 13.1 Å². The highest BCUT2D eigenvalue weighted by molar-refractivity contribution is 14.1. The Balaban J connectivity index is 2.36. The number of nitrogens with zero attached hydrogens (tertiary/aromatic N) is 1. The van der Waals surface area contributed by atoms with E-state index < -0.39 is 17.7 Å². The standard InChI is InChI=1S/C13H13F3INO2/c1-12(20)7-18(11(19)13(14,15)16)5-4-8-2-3-9(17)6-10(8)12/h2-3,6,20H,4-5,7H2,1H3. The highest BCUT2D eigenvalue weighted by atomic mass is 127. The van der Waals surface area contributed by atoms with E-state index in [9.17, 15) is 23.1 Å². The molecule has 0 saturated carbocycles. The molecule has 1 aromatic carbocycles. The Morgan fingerprint density at radius 1 is 1.45 bits per heavy atom. The van der Waals surface area contributed by atoms with Crippen LogP contribution in [-0.4, -0.2) is 35.2 Å². The number of β-amino-alcohol motifs (C(OH)–C–C–N with tert-alkyl or cyclic N) is 1. The largest absolute Gasteiger partial charge is 0.471 e. The lowest BCUT2D eigenvalue weighted by atomic mass is 9.91. The van der Waals surface area contributed by atoms with Gasteiger partial charge in [-0.1, -0.05) is 6.07 Å². The molecule has 0 bridgehead atoms. The van der Waals surface area contributed by atoms with Crippen molar-refractivity contribution < 1.29 is 23.1 Å². The van der Waals surface area contributed by atoms with Gasteiger partial charge in [-0.05, 0) is 59.2 Å². The summed E-state index contributed by atoms with van der Waals surface area (Å²) >= 11 is 2.08. The SMILES string of the molecule is CC1(O)CN(C(=O)C(F)(F)F)CCc2ccc(I)cc21. The van der Waals surface area contributed by atoms with E-state index in [2.05, 4.69) is 22.6 Å². The minimum absolute atomic E-state index is 0.0535. The minimum atomic E-state index is -4.92. The Morgan fingerprint density at radius 2 is 2.10 bits per heavy atom. The van der Waals surface area contributed by atoms with Gasteiger partial charge in [0.25, 0.3) is 0 Å². The lowest BCUT2D eigenvalue weighted by molar-refractivity contribution is -0.187. The smallest absolute Gasteiger partial charge is 0.384 e. The summed E-state index contributed by atoms with van der Waals surface area (Å²) in [6.07, 6.45) is -4.62. The fourth-order valence-corrected chi connectivity index (χ4v) is 2.90. The topological polar surface area (TPSA) is 40.5 Å². The summed E-state index contributed by atoms with van der Waals surface area (Å²) in [6, 6.07) is 5.36. The Labute approximate surface area is 127 Å². The molecule has 0 aromatic heterocycles. The van der Waals surface area contributed by atoms with Crippen LogP contribution in [0.15, 0.2) is 18.2 Å². The fourth-order valence-electron chi connectivity index (χ4n) is 2.41. The maximum atomic E-state index is 12.5. The van der Waals surface area contributed by atoms with Gasteiger partial charge in [0.1, 0.15) is 5.60 Å². The maximum absolute atomic E-state index is 12.5. The van der Waals surface area contributed by atoms with E-state index in [4.69, 9.17) is 0 Å². The average Bonchev–Trinajstić information content (AvgIpc) is 2.45. The molecule has 1 heterocycles. The summed E-state index contributed by atoms with van der Waals surface area (Å²) < 4.78 is 38.5. The Hall–Kier alpha value is -0.830. The van der Waals surface area contributed by atoms with E-state index in [1.807, 2.05) is 6.07 Å². The number of benzene rings is 1. The molecule has 1 aliphatic heterocycles. The summed E-state index contributed by atoms with van der Waals surface area (Å²) in [5, 5.41) is 10.5. The van der Waals surface area contributed by atoms with E-state index in [1.165, 1.54) is 6.92 Å². The fraction of sp³-hybridized carbons (Fsp3) is 0.462. The highest BCUT2D eigenvalue weighted by Gasteiger charge is 2.45. The number of carbonyl (C=O) groups is 1. The van der Waals surface area contributed by atoms with Crippen molar-refractivity contribution in [2.75, 3.05) is 13.1 Å². The first kappa shape index (κ1) is 15.6. The molecule has 1 N–H and O–H groups in total. The summed E-state index contributed by atoms with van der Waals surface area (Å²) in [7, 11) is 0. The second-order valence-electron chi connectivity index (χ2n) is 5.05. The number of aliphatic hydroxyl groups is 1. The normalized spacial score (nSPS) is 23.2. The molecule has 0 radical (unpaired) electrons. The molecule has 7 heteroatoms. The van der Waals surface area contributed by atoms with Crippen molar-refractivity contribution in [3.8, 4) is 0 Å². The predicted octanol–water partition coefficient (Wildman–Crippen LogP) is 2.45. The van der Waals surface area contributed by atoms with Crippen molar-refractivity contribution in [2.45, 2.75) is 25.1 Å². The van der Waals surface area contributed by atoms with Crippen LogP contribution in [0, 0.1) is 3.57 Å². The van der Waals surface area contributed by atoms with Crippen molar-refractivity contribution in [2.24, 2.45) is 0 Å². The van der Waals surface area contributed by atoms with Gasteiger partial charge in [0.2, 0.25) is 0 Å². The number of alkyl halides is 3. The van der Waals surface area contributed by atoms with E-state index in [1.54, 1.807) is 12.1 Å². The molecule has 0 spiro atoms. The molecular weight excluding hydrogens is 386 g/mol. The summed E-state index contributed by atoms with van der Waals surface area (Å²) in [5.41, 5.74) is -0.136. The van der Waals surface area contributed by atoms with Gasteiger partial charge < -0.3 is 10.0 Å². The molecule has 1 atom stereocenters. The molecule has 0 fully saturated rings. The third-order valence-corrected chi connectivity index (χ3v) is 4.00. The average molecular weight is 399 g/mol. The van der Waals surface area contributed by atoms with Crippen LogP contribution in [0.5, 0.6) is 0 Å². The molecule has 2 rings (SSSR count). The van der Waals surface area contributed by atoms with Crippen LogP contribution in [0.1, 0.15) is 18.1 Å². The van der Waals surface area contributed by atoms with Gasteiger partial charge in [-0.15, -0.1) is 0 Å². The van der Waals surface area contributed by atoms with Crippen LogP contribution >= 0.6 is 22.6 Å². The second kappa shape index (κ2) is 5.18. The zero-order chi connectivity index (χ0) is 15.1. The van der Waals surface area contributed by atoms with E-state index in [0.29, 0.717) is 16.9 Å². The molecule has 110 valence electrons. The minimum Gasteiger partial charge on any atom is -0.384 e. The first-order valence-electron chi connectivity index (χ1n) is 5.98. The van der Waals surface area contributed by atoms with Crippen molar-refractivity contribution >= 4 is 28.5 Å². The number of hydrogen-bond donors (Lipinski definition) is 1. The van der Waals surface area contributed by atoms with Gasteiger partial charge in [0, 0.05) is 10.1 Å². The van der Waals surface area contributed by atoms with Crippen LogP contribution in [-0.2, 0) is 16.8 Å². The van der Waals surface area contributed by atoms with Gasteiger partial charge in [-0.2, -0.15) is 13.2 Å². The molecule has 0 aliphatic carbocycles. The van der Waals surface area contributed by atoms with Gasteiger partial charge >= 0.3 is 12.1 Å². The van der Waals surface area contributed by atoms with Crippen LogP contribution in [0.4, 0.5) is 13.2 Å². The van der Waals surface area contributed by atoms with E-state index >= 15 is 0 Å². The molecule has 1 unspecified atom stereocenters. The van der Waals surface area contributed by atoms with Crippen molar-refractivity contribution in [3.63, 3.8) is 0 Å². The number of fused-ring (bicyclic) bond motifs is 1. The van der Waals surface area contributed by atoms with Crippen LogP contribution in [0.25, 0.3) is 0 Å². The van der Waals surface area contributed by atoms with Crippen LogP contribution in [0.3, 0.4) is 0 Å². The number of hydrogen-bond acceptors (Lipinski definition) is 2. The zero-order valence-electron chi connectivity index (χ0n) is 10.7. The maximum Gasteiger partial charge on any atom is 0.471 e.